The molecular formula is C27H29F3N2O5. The molecule has 1 aliphatic carbocycles. The van der Waals surface area contributed by atoms with Gasteiger partial charge in [0.15, 0.2) is 11.9 Å². The van der Waals surface area contributed by atoms with Gasteiger partial charge < -0.3 is 19.1 Å². The van der Waals surface area contributed by atoms with Gasteiger partial charge in [-0.15, -0.1) is 0 Å². The first-order valence-electron chi connectivity index (χ1n) is 12.3. The molecule has 1 atom stereocenters. The van der Waals surface area contributed by atoms with Crippen LogP contribution in [0.25, 0.3) is 11.0 Å². The van der Waals surface area contributed by atoms with Crippen LogP contribution in [0.3, 0.4) is 0 Å². The Morgan fingerprint density at radius 3 is 2.51 bits per heavy atom. The fraction of sp³-hybridized carbons (Fsp3) is 0.444. The molecule has 10 heteroatoms. The Kier molecular flexibility index (Phi) is 8.48. The minimum absolute atomic E-state index is 0.0738. The second-order valence-electron chi connectivity index (χ2n) is 9.29. The first-order valence-corrected chi connectivity index (χ1v) is 12.3. The molecule has 2 aromatic heterocycles. The number of halogens is 3. The predicted molar refractivity (Wildman–Crippen MR) is 130 cm³/mol. The molecule has 3 aromatic rings. The van der Waals surface area contributed by atoms with Gasteiger partial charge in [-0.3, -0.25) is 9.78 Å². The Morgan fingerprint density at radius 1 is 1.11 bits per heavy atom. The maximum atomic E-state index is 12.9. The summed E-state index contributed by atoms with van der Waals surface area (Å²) in [6.07, 6.45) is 2.39. The molecule has 0 radical (unpaired) electrons. The zero-order valence-corrected chi connectivity index (χ0v) is 20.2. The Balaban J connectivity index is 1.33. The number of ether oxygens (including phenoxy) is 2. The summed E-state index contributed by atoms with van der Waals surface area (Å²) < 4.78 is 49.4. The smallest absolute Gasteiger partial charge is 0.411 e. The highest BCUT2D eigenvalue weighted by atomic mass is 19.4. The van der Waals surface area contributed by atoms with Gasteiger partial charge >= 0.3 is 12.1 Å². The number of carboxylic acid groups (broad SMARTS) is 1. The largest absolute Gasteiger partial charge is 0.492 e. The molecule has 0 aliphatic heterocycles. The second-order valence-corrected chi connectivity index (χ2v) is 9.29. The van der Waals surface area contributed by atoms with E-state index in [0.29, 0.717) is 30.0 Å². The quantitative estimate of drug-likeness (QED) is 0.340. The van der Waals surface area contributed by atoms with E-state index in [1.807, 2.05) is 22.9 Å². The number of rotatable bonds is 11. The summed E-state index contributed by atoms with van der Waals surface area (Å²) in [5.74, 6) is -0.687. The standard InChI is InChI=1S/C27H29F3N2O5/c28-27(29,30)17-37-24(26(34)35)14-18-6-8-21(9-7-18)36-13-12-32-11-10-22-23(32)15-20(16-31-22)25(33)19-4-2-1-3-5-19/h6-11,15-16,19,24H,1-5,12-14,17H2,(H,34,35)/t24-/m0/s1. The molecule has 1 N–H and O–H groups in total. The van der Waals surface area contributed by atoms with E-state index in [1.54, 1.807) is 30.5 Å². The fourth-order valence-electron chi connectivity index (χ4n) is 4.60. The Bertz CT molecular complexity index is 1220. The molecule has 4 rings (SSSR count). The summed E-state index contributed by atoms with van der Waals surface area (Å²) in [7, 11) is 0. The minimum atomic E-state index is -4.60. The van der Waals surface area contributed by atoms with E-state index in [-0.39, 0.29) is 18.1 Å². The molecule has 0 bridgehead atoms. The van der Waals surface area contributed by atoms with Crippen LogP contribution in [-0.2, 0) is 22.5 Å². The van der Waals surface area contributed by atoms with Crippen molar-refractivity contribution in [2.75, 3.05) is 13.2 Å². The zero-order valence-electron chi connectivity index (χ0n) is 20.2. The van der Waals surface area contributed by atoms with Crippen molar-refractivity contribution in [3.63, 3.8) is 0 Å². The Hall–Kier alpha value is -3.40. The van der Waals surface area contributed by atoms with Gasteiger partial charge in [0.1, 0.15) is 19.0 Å². The number of aromatic nitrogens is 2. The first-order chi connectivity index (χ1) is 17.7. The first kappa shape index (κ1) is 26.7. The number of alkyl halides is 3. The van der Waals surface area contributed by atoms with Crippen molar-refractivity contribution in [1.82, 2.24) is 9.55 Å². The molecule has 0 unspecified atom stereocenters. The number of hydrogen-bond donors (Lipinski definition) is 1. The van der Waals surface area contributed by atoms with Crippen LogP contribution in [0, 0.1) is 5.92 Å². The zero-order chi connectivity index (χ0) is 26.4. The highest BCUT2D eigenvalue weighted by molar-refractivity contribution is 5.99. The van der Waals surface area contributed by atoms with Crippen molar-refractivity contribution < 1.29 is 37.3 Å². The van der Waals surface area contributed by atoms with Gasteiger partial charge in [0, 0.05) is 30.3 Å². The summed E-state index contributed by atoms with van der Waals surface area (Å²) >= 11 is 0. The average molecular weight is 519 g/mol. The summed E-state index contributed by atoms with van der Waals surface area (Å²) in [5.41, 5.74) is 2.80. The fourth-order valence-corrected chi connectivity index (χ4v) is 4.60. The third-order valence-electron chi connectivity index (χ3n) is 6.55. The van der Waals surface area contributed by atoms with Crippen molar-refractivity contribution >= 4 is 22.8 Å². The molecule has 1 aliphatic rings. The van der Waals surface area contributed by atoms with Crippen LogP contribution < -0.4 is 4.74 Å². The monoisotopic (exact) mass is 518 g/mol. The lowest BCUT2D eigenvalue weighted by molar-refractivity contribution is -0.192. The van der Waals surface area contributed by atoms with Crippen molar-refractivity contribution in [2.24, 2.45) is 5.92 Å². The lowest BCUT2D eigenvalue weighted by Crippen LogP contribution is -2.31. The number of carbonyl (C=O) groups excluding carboxylic acids is 1. The summed E-state index contributed by atoms with van der Waals surface area (Å²) in [4.78, 5) is 28.6. The van der Waals surface area contributed by atoms with Crippen molar-refractivity contribution in [2.45, 2.75) is 57.3 Å². The molecule has 1 saturated carbocycles. The molecule has 198 valence electrons. The number of benzene rings is 1. The Morgan fingerprint density at radius 2 is 1.84 bits per heavy atom. The van der Waals surface area contributed by atoms with E-state index in [1.165, 1.54) is 6.42 Å². The molecule has 7 nitrogen and oxygen atoms in total. The number of ketones is 1. The molecule has 1 fully saturated rings. The summed E-state index contributed by atoms with van der Waals surface area (Å²) in [6.45, 7) is -0.776. The van der Waals surface area contributed by atoms with Gasteiger partial charge in [-0.25, -0.2) is 4.79 Å². The van der Waals surface area contributed by atoms with Crippen LogP contribution in [-0.4, -0.2) is 51.9 Å². The minimum Gasteiger partial charge on any atom is -0.492 e. The number of fused-ring (bicyclic) bond motifs is 1. The van der Waals surface area contributed by atoms with Crippen molar-refractivity contribution in [3.05, 3.63) is 59.9 Å². The van der Waals surface area contributed by atoms with Gasteiger partial charge in [-0.05, 0) is 42.7 Å². The van der Waals surface area contributed by atoms with Crippen LogP contribution >= 0.6 is 0 Å². The summed E-state index contributed by atoms with van der Waals surface area (Å²) in [5, 5.41) is 9.14. The number of aliphatic carboxylic acids is 1. The molecule has 1 aromatic carbocycles. The lowest BCUT2D eigenvalue weighted by atomic mass is 9.84. The molecule has 37 heavy (non-hydrogen) atoms. The van der Waals surface area contributed by atoms with Gasteiger partial charge in [0.25, 0.3) is 0 Å². The van der Waals surface area contributed by atoms with E-state index in [4.69, 9.17) is 9.84 Å². The number of hydrogen-bond acceptors (Lipinski definition) is 5. The van der Waals surface area contributed by atoms with Gasteiger partial charge in [-0.1, -0.05) is 31.4 Å². The topological polar surface area (TPSA) is 90.7 Å². The number of nitrogens with zero attached hydrogens (tertiary/aromatic N) is 2. The van der Waals surface area contributed by atoms with Gasteiger partial charge in [0.2, 0.25) is 0 Å². The molecule has 0 spiro atoms. The maximum Gasteiger partial charge on any atom is 0.411 e. The van der Waals surface area contributed by atoms with Gasteiger partial charge in [-0.2, -0.15) is 13.2 Å². The summed E-state index contributed by atoms with van der Waals surface area (Å²) in [6, 6.07) is 10.2. The number of Topliss-reactive ketones (excluding diaryl/α,β-unsaturated/α-hetero) is 1. The number of pyridine rings is 1. The second kappa shape index (κ2) is 11.8. The van der Waals surface area contributed by atoms with E-state index in [2.05, 4.69) is 9.72 Å². The third-order valence-corrected chi connectivity index (χ3v) is 6.55. The number of carboxylic acids is 1. The van der Waals surface area contributed by atoms with E-state index in [0.717, 1.165) is 36.7 Å². The predicted octanol–water partition coefficient (Wildman–Crippen LogP) is 5.45. The van der Waals surface area contributed by atoms with Crippen LogP contribution in [0.15, 0.2) is 48.8 Å². The lowest BCUT2D eigenvalue weighted by Gasteiger charge is -2.20. The van der Waals surface area contributed by atoms with Gasteiger partial charge in [0.05, 0.1) is 17.6 Å². The van der Waals surface area contributed by atoms with Crippen molar-refractivity contribution in [3.8, 4) is 5.75 Å². The SMILES string of the molecule is O=C(c1cnc2ccn(CCOc3ccc(C[C@H](OCC(F)(F)F)C(=O)O)cc3)c2c1)C1CCCCC1. The van der Waals surface area contributed by atoms with Crippen LogP contribution in [0.5, 0.6) is 5.75 Å². The van der Waals surface area contributed by atoms with E-state index >= 15 is 0 Å². The average Bonchev–Trinajstić information content (AvgIpc) is 3.29. The molecule has 2 heterocycles. The van der Waals surface area contributed by atoms with E-state index < -0.39 is 24.9 Å². The highest BCUT2D eigenvalue weighted by Gasteiger charge is 2.31. The third kappa shape index (κ3) is 7.31. The molecule has 0 saturated heterocycles. The molecule has 0 amide bonds. The van der Waals surface area contributed by atoms with E-state index in [9.17, 15) is 22.8 Å². The van der Waals surface area contributed by atoms with Crippen LogP contribution in [0.4, 0.5) is 13.2 Å². The normalized spacial score (nSPS) is 15.5. The highest BCUT2D eigenvalue weighted by Crippen LogP contribution is 2.28. The molecular weight excluding hydrogens is 489 g/mol. The van der Waals surface area contributed by atoms with Crippen LogP contribution in [0.2, 0.25) is 0 Å². The van der Waals surface area contributed by atoms with Crippen molar-refractivity contribution in [1.29, 1.82) is 0 Å². The van der Waals surface area contributed by atoms with Crippen LogP contribution in [0.1, 0.15) is 48.0 Å². The maximum absolute atomic E-state index is 12.9. The Labute approximate surface area is 212 Å². The number of carbonyl (C=O) groups is 2.